The summed E-state index contributed by atoms with van der Waals surface area (Å²) in [5, 5.41) is 10.9. The SMILES string of the molecule is CCOc1ccccc1Oc1coc2c(CN3CCCCC3C)c(O)ccc2c1=O. The second kappa shape index (κ2) is 8.79. The summed E-state index contributed by atoms with van der Waals surface area (Å²) in [5.74, 6) is 1.23. The van der Waals surface area contributed by atoms with Gasteiger partial charge in [-0.2, -0.15) is 0 Å². The van der Waals surface area contributed by atoms with Gasteiger partial charge >= 0.3 is 0 Å². The second-order valence-electron chi connectivity index (χ2n) is 7.67. The maximum absolute atomic E-state index is 13.1. The van der Waals surface area contributed by atoms with Crippen molar-refractivity contribution in [2.75, 3.05) is 13.2 Å². The first-order valence-electron chi connectivity index (χ1n) is 10.5. The number of nitrogens with zero attached hydrogens (tertiary/aromatic N) is 1. The van der Waals surface area contributed by atoms with Crippen LogP contribution in [-0.2, 0) is 6.54 Å². The summed E-state index contributed by atoms with van der Waals surface area (Å²) in [6.07, 6.45) is 4.80. The minimum atomic E-state index is -0.282. The van der Waals surface area contributed by atoms with E-state index in [2.05, 4.69) is 11.8 Å². The molecule has 1 N–H and O–H groups in total. The number of ether oxygens (including phenoxy) is 2. The number of rotatable bonds is 6. The lowest BCUT2D eigenvalue weighted by molar-refractivity contribution is 0.151. The molecule has 1 aliphatic rings. The van der Waals surface area contributed by atoms with Crippen molar-refractivity contribution in [2.45, 2.75) is 45.7 Å². The molecule has 1 saturated heterocycles. The number of piperidine rings is 1. The molecule has 6 nitrogen and oxygen atoms in total. The lowest BCUT2D eigenvalue weighted by Crippen LogP contribution is -2.36. The highest BCUT2D eigenvalue weighted by atomic mass is 16.5. The summed E-state index contributed by atoms with van der Waals surface area (Å²) < 4.78 is 17.2. The van der Waals surface area contributed by atoms with Gasteiger partial charge in [-0.25, -0.2) is 0 Å². The van der Waals surface area contributed by atoms with Gasteiger partial charge in [0.15, 0.2) is 11.5 Å². The van der Waals surface area contributed by atoms with Crippen molar-refractivity contribution in [2.24, 2.45) is 0 Å². The molecule has 1 atom stereocenters. The van der Waals surface area contributed by atoms with Gasteiger partial charge in [0.2, 0.25) is 11.2 Å². The summed E-state index contributed by atoms with van der Waals surface area (Å²) in [6.45, 7) is 6.08. The predicted octanol–water partition coefficient (Wildman–Crippen LogP) is 5.06. The van der Waals surface area contributed by atoms with Gasteiger partial charge in [0.25, 0.3) is 0 Å². The molecule has 4 rings (SSSR count). The minimum absolute atomic E-state index is 0.0811. The van der Waals surface area contributed by atoms with Crippen molar-refractivity contribution in [3.8, 4) is 23.0 Å². The number of hydrogen-bond donors (Lipinski definition) is 1. The molecule has 158 valence electrons. The molecule has 1 aliphatic heterocycles. The molecule has 1 aromatic heterocycles. The zero-order valence-corrected chi connectivity index (χ0v) is 17.4. The molecule has 0 radical (unpaired) electrons. The van der Waals surface area contributed by atoms with Crippen LogP contribution in [0.2, 0.25) is 0 Å². The van der Waals surface area contributed by atoms with Gasteiger partial charge in [0, 0.05) is 12.6 Å². The van der Waals surface area contributed by atoms with Crippen LogP contribution < -0.4 is 14.9 Å². The molecular weight excluding hydrogens is 382 g/mol. The molecule has 30 heavy (non-hydrogen) atoms. The van der Waals surface area contributed by atoms with E-state index >= 15 is 0 Å². The van der Waals surface area contributed by atoms with Crippen LogP contribution in [0.1, 0.15) is 38.7 Å². The number of phenols is 1. The predicted molar refractivity (Wildman–Crippen MR) is 116 cm³/mol. The monoisotopic (exact) mass is 409 g/mol. The molecule has 3 aromatic rings. The lowest BCUT2D eigenvalue weighted by atomic mass is 10.0. The minimum Gasteiger partial charge on any atom is -0.507 e. The van der Waals surface area contributed by atoms with Crippen LogP contribution >= 0.6 is 0 Å². The molecule has 0 aliphatic carbocycles. The number of para-hydroxylation sites is 2. The maximum Gasteiger partial charge on any atom is 0.235 e. The third kappa shape index (κ3) is 4.00. The number of phenolic OH excluding ortho intramolecular Hbond substituents is 1. The van der Waals surface area contributed by atoms with Gasteiger partial charge in [-0.15, -0.1) is 0 Å². The Morgan fingerprint density at radius 1 is 1.13 bits per heavy atom. The Labute approximate surface area is 175 Å². The molecule has 0 saturated carbocycles. The molecule has 0 bridgehead atoms. The van der Waals surface area contributed by atoms with Crippen molar-refractivity contribution in [1.82, 2.24) is 4.90 Å². The highest BCUT2D eigenvalue weighted by molar-refractivity contribution is 5.83. The summed E-state index contributed by atoms with van der Waals surface area (Å²) in [4.78, 5) is 15.4. The molecule has 6 heteroatoms. The van der Waals surface area contributed by atoms with Gasteiger partial charge < -0.3 is 19.0 Å². The zero-order valence-electron chi connectivity index (χ0n) is 17.4. The molecule has 0 amide bonds. The first kappa shape index (κ1) is 20.3. The smallest absolute Gasteiger partial charge is 0.235 e. The van der Waals surface area contributed by atoms with Gasteiger partial charge in [0.1, 0.15) is 17.6 Å². The molecule has 0 spiro atoms. The van der Waals surface area contributed by atoms with E-state index in [4.69, 9.17) is 13.9 Å². The van der Waals surface area contributed by atoms with E-state index < -0.39 is 0 Å². The third-order valence-corrected chi connectivity index (χ3v) is 5.66. The summed E-state index contributed by atoms with van der Waals surface area (Å²) in [5.41, 5.74) is 0.762. The quantitative estimate of drug-likeness (QED) is 0.613. The van der Waals surface area contributed by atoms with Gasteiger partial charge in [0.05, 0.1) is 17.6 Å². The van der Waals surface area contributed by atoms with Gasteiger partial charge in [-0.05, 0) is 57.5 Å². The average Bonchev–Trinajstić information content (AvgIpc) is 2.75. The van der Waals surface area contributed by atoms with Crippen LogP contribution in [0.5, 0.6) is 23.0 Å². The standard InChI is InChI=1S/C24H27NO5/c1-3-28-20-9-4-5-10-21(20)30-22-15-29-24-17(23(22)27)11-12-19(26)18(24)14-25-13-7-6-8-16(25)2/h4-5,9-12,15-16,26H,3,6-8,13-14H2,1-2H3. The second-order valence-corrected chi connectivity index (χ2v) is 7.67. The zero-order chi connectivity index (χ0) is 21.1. The van der Waals surface area contributed by atoms with Crippen LogP contribution in [0.15, 0.2) is 51.9 Å². The largest absolute Gasteiger partial charge is 0.507 e. The van der Waals surface area contributed by atoms with Crippen molar-refractivity contribution < 1.29 is 19.0 Å². The van der Waals surface area contributed by atoms with Crippen LogP contribution in [0, 0.1) is 0 Å². The molecular formula is C24H27NO5. The van der Waals surface area contributed by atoms with E-state index in [1.807, 2.05) is 19.1 Å². The first-order chi connectivity index (χ1) is 14.6. The lowest BCUT2D eigenvalue weighted by Gasteiger charge is -2.33. The fourth-order valence-electron chi connectivity index (χ4n) is 3.98. The Hall–Kier alpha value is -2.99. The van der Waals surface area contributed by atoms with Crippen LogP contribution in [0.25, 0.3) is 11.0 Å². The van der Waals surface area contributed by atoms with Crippen LogP contribution in [0.4, 0.5) is 0 Å². The van der Waals surface area contributed by atoms with E-state index in [0.29, 0.717) is 47.2 Å². The van der Waals surface area contributed by atoms with Crippen molar-refractivity contribution >= 4 is 11.0 Å². The van der Waals surface area contributed by atoms with E-state index in [-0.39, 0.29) is 16.9 Å². The van der Waals surface area contributed by atoms with Crippen molar-refractivity contribution in [1.29, 1.82) is 0 Å². The van der Waals surface area contributed by atoms with E-state index in [1.54, 1.807) is 24.3 Å². The van der Waals surface area contributed by atoms with E-state index in [0.717, 1.165) is 19.4 Å². The number of aromatic hydroxyl groups is 1. The number of hydrogen-bond acceptors (Lipinski definition) is 6. The normalized spacial score (nSPS) is 17.2. The van der Waals surface area contributed by atoms with Crippen LogP contribution in [-0.4, -0.2) is 29.2 Å². The average molecular weight is 409 g/mol. The molecule has 2 aromatic carbocycles. The fourth-order valence-corrected chi connectivity index (χ4v) is 3.98. The van der Waals surface area contributed by atoms with Gasteiger partial charge in [-0.3, -0.25) is 9.69 Å². The van der Waals surface area contributed by atoms with Crippen molar-refractivity contribution in [3.05, 3.63) is 58.4 Å². The maximum atomic E-state index is 13.1. The molecule has 1 unspecified atom stereocenters. The number of fused-ring (bicyclic) bond motifs is 1. The van der Waals surface area contributed by atoms with E-state index in [1.165, 1.54) is 12.7 Å². The number of benzene rings is 2. The third-order valence-electron chi connectivity index (χ3n) is 5.66. The first-order valence-corrected chi connectivity index (χ1v) is 10.5. The highest BCUT2D eigenvalue weighted by Crippen LogP contribution is 2.33. The topological polar surface area (TPSA) is 72.1 Å². The van der Waals surface area contributed by atoms with Crippen LogP contribution in [0.3, 0.4) is 0 Å². The Morgan fingerprint density at radius 3 is 2.70 bits per heavy atom. The Morgan fingerprint density at radius 2 is 1.93 bits per heavy atom. The fraction of sp³-hybridized carbons (Fsp3) is 0.375. The molecule has 1 fully saturated rings. The molecule has 2 heterocycles. The van der Waals surface area contributed by atoms with E-state index in [9.17, 15) is 9.90 Å². The Kier molecular flexibility index (Phi) is 5.95. The Bertz CT molecular complexity index is 1090. The van der Waals surface area contributed by atoms with Gasteiger partial charge in [-0.1, -0.05) is 18.6 Å². The summed E-state index contributed by atoms with van der Waals surface area (Å²) >= 11 is 0. The summed E-state index contributed by atoms with van der Waals surface area (Å²) in [7, 11) is 0. The Balaban J connectivity index is 1.70. The van der Waals surface area contributed by atoms with Crippen molar-refractivity contribution in [3.63, 3.8) is 0 Å². The highest BCUT2D eigenvalue weighted by Gasteiger charge is 2.22. The summed E-state index contributed by atoms with van der Waals surface area (Å²) in [6, 6.07) is 10.8. The number of likely N-dealkylation sites (tertiary alicyclic amines) is 1.